The lowest BCUT2D eigenvalue weighted by molar-refractivity contribution is -0.176. The summed E-state index contributed by atoms with van der Waals surface area (Å²) < 4.78 is 9.98. The van der Waals surface area contributed by atoms with Gasteiger partial charge in [-0.3, -0.25) is 14.4 Å². The molecular formula is C23H34O6. The summed E-state index contributed by atoms with van der Waals surface area (Å²) in [4.78, 5) is 37.2. The van der Waals surface area contributed by atoms with E-state index in [2.05, 4.69) is 13.8 Å². The number of Topliss-reactive ketones (excluding diaryl/α,β-unsaturated/α-hetero) is 1. The van der Waals surface area contributed by atoms with Crippen LogP contribution in [0.3, 0.4) is 0 Å². The Kier molecular flexibility index (Phi) is 5.29. The van der Waals surface area contributed by atoms with E-state index in [1.165, 1.54) is 6.92 Å². The molecule has 6 nitrogen and oxygen atoms in total. The van der Waals surface area contributed by atoms with Gasteiger partial charge in [0.25, 0.3) is 0 Å². The smallest absolute Gasteiger partial charge is 0.312 e. The summed E-state index contributed by atoms with van der Waals surface area (Å²) in [6.07, 6.45) is 6.49. The average Bonchev–Trinajstić information content (AvgIpc) is 2.98. The normalized spacial score (nSPS) is 46.3. The molecule has 0 unspecified atom stereocenters. The first kappa shape index (κ1) is 20.8. The zero-order valence-corrected chi connectivity index (χ0v) is 17.8. The van der Waals surface area contributed by atoms with Gasteiger partial charge in [-0.25, -0.2) is 0 Å². The Morgan fingerprint density at radius 2 is 1.83 bits per heavy atom. The first-order chi connectivity index (χ1) is 13.7. The molecule has 0 bridgehead atoms. The first-order valence-corrected chi connectivity index (χ1v) is 11.2. The van der Waals surface area contributed by atoms with Crippen molar-refractivity contribution in [1.29, 1.82) is 0 Å². The molecule has 0 amide bonds. The molecule has 0 aromatic heterocycles. The molecule has 4 aliphatic carbocycles. The van der Waals surface area contributed by atoms with Gasteiger partial charge in [0.2, 0.25) is 6.79 Å². The van der Waals surface area contributed by atoms with Gasteiger partial charge in [-0.15, -0.1) is 0 Å². The summed E-state index contributed by atoms with van der Waals surface area (Å²) >= 11 is 0. The lowest BCUT2D eigenvalue weighted by atomic mass is 9.44. The highest BCUT2D eigenvalue weighted by Crippen LogP contribution is 2.66. The van der Waals surface area contributed by atoms with Crippen LogP contribution in [0.2, 0.25) is 0 Å². The third-order valence-electron chi connectivity index (χ3n) is 9.07. The summed E-state index contributed by atoms with van der Waals surface area (Å²) in [7, 11) is 0. The van der Waals surface area contributed by atoms with Crippen LogP contribution in [0.4, 0.5) is 0 Å². The van der Waals surface area contributed by atoms with E-state index in [4.69, 9.17) is 9.47 Å². The summed E-state index contributed by atoms with van der Waals surface area (Å²) in [5, 5.41) is 10.1. The minimum absolute atomic E-state index is 0.0194. The fraction of sp³-hybridized carbons (Fsp3) is 0.870. The molecule has 4 aliphatic rings. The highest BCUT2D eigenvalue weighted by atomic mass is 16.7. The van der Waals surface area contributed by atoms with Crippen molar-refractivity contribution in [3.05, 3.63) is 0 Å². The maximum atomic E-state index is 13.5. The van der Waals surface area contributed by atoms with Crippen LogP contribution in [0.5, 0.6) is 0 Å². The maximum absolute atomic E-state index is 13.5. The van der Waals surface area contributed by atoms with Gasteiger partial charge in [0.15, 0.2) is 0 Å². The molecule has 0 radical (unpaired) electrons. The highest BCUT2D eigenvalue weighted by Gasteiger charge is 2.64. The zero-order chi connectivity index (χ0) is 21.0. The lowest BCUT2D eigenvalue weighted by Crippen LogP contribution is -2.58. The Bertz CT molecular complexity index is 703. The fourth-order valence-electron chi connectivity index (χ4n) is 7.71. The topological polar surface area (TPSA) is 89.9 Å². The number of esters is 2. The average molecular weight is 407 g/mol. The van der Waals surface area contributed by atoms with Crippen LogP contribution in [0.15, 0.2) is 0 Å². The lowest BCUT2D eigenvalue weighted by Gasteiger charge is -2.59. The summed E-state index contributed by atoms with van der Waals surface area (Å²) in [5.74, 6) is 0.318. The Balaban J connectivity index is 1.53. The van der Waals surface area contributed by atoms with Gasteiger partial charge in [0.1, 0.15) is 5.78 Å². The number of carbonyl (C=O) groups is 3. The molecule has 4 saturated carbocycles. The third kappa shape index (κ3) is 3.31. The number of aliphatic hydroxyl groups excluding tert-OH is 1. The number of rotatable bonds is 3. The summed E-state index contributed by atoms with van der Waals surface area (Å²) in [6.45, 7) is 5.30. The van der Waals surface area contributed by atoms with Gasteiger partial charge < -0.3 is 14.6 Å². The maximum Gasteiger partial charge on any atom is 0.312 e. The molecule has 0 aliphatic heterocycles. The van der Waals surface area contributed by atoms with E-state index >= 15 is 0 Å². The number of hydrogen-bond donors (Lipinski definition) is 1. The molecule has 4 fully saturated rings. The summed E-state index contributed by atoms with van der Waals surface area (Å²) in [5.41, 5.74) is -0.391. The van der Waals surface area contributed by atoms with E-state index in [1.54, 1.807) is 0 Å². The Morgan fingerprint density at radius 1 is 1.07 bits per heavy atom. The van der Waals surface area contributed by atoms with E-state index in [0.29, 0.717) is 30.0 Å². The molecule has 0 aromatic carbocycles. The molecule has 0 heterocycles. The standard InChI is InChI=1S/C23H34O6/c1-13(24)28-12-29-21(27)18-7-6-17-16-5-4-14-10-15(25)8-9-22(14,2)20(16)19(26)11-23(17,18)3/h14-18,20,25H,4-12H2,1-3H3/t14-,15+,16-,17-,18+,20+,22-,23-/m0/s1. The quantitative estimate of drug-likeness (QED) is 0.572. The number of hydrogen-bond acceptors (Lipinski definition) is 6. The van der Waals surface area contributed by atoms with E-state index in [1.807, 2.05) is 0 Å². The van der Waals surface area contributed by atoms with Crippen LogP contribution < -0.4 is 0 Å². The van der Waals surface area contributed by atoms with Gasteiger partial charge in [0, 0.05) is 19.3 Å². The number of fused-ring (bicyclic) bond motifs is 5. The minimum Gasteiger partial charge on any atom is -0.428 e. The predicted octanol–water partition coefficient (Wildman–Crippen LogP) is 3.25. The molecule has 0 spiro atoms. The molecule has 29 heavy (non-hydrogen) atoms. The second kappa shape index (κ2) is 7.36. The molecule has 4 rings (SSSR count). The number of ether oxygens (including phenoxy) is 2. The molecular weight excluding hydrogens is 372 g/mol. The van der Waals surface area contributed by atoms with Crippen LogP contribution in [0.1, 0.15) is 72.1 Å². The van der Waals surface area contributed by atoms with Crippen LogP contribution in [-0.4, -0.2) is 35.7 Å². The molecule has 0 saturated heterocycles. The van der Waals surface area contributed by atoms with Crippen LogP contribution in [0, 0.1) is 40.4 Å². The summed E-state index contributed by atoms with van der Waals surface area (Å²) in [6, 6.07) is 0. The van der Waals surface area contributed by atoms with E-state index in [0.717, 1.165) is 44.9 Å². The van der Waals surface area contributed by atoms with Crippen molar-refractivity contribution in [2.45, 2.75) is 78.2 Å². The molecule has 0 aromatic rings. The van der Waals surface area contributed by atoms with Crippen molar-refractivity contribution in [3.63, 3.8) is 0 Å². The van der Waals surface area contributed by atoms with Crippen molar-refractivity contribution < 1.29 is 29.0 Å². The molecule has 162 valence electrons. The number of carbonyl (C=O) groups excluding carboxylic acids is 3. The largest absolute Gasteiger partial charge is 0.428 e. The van der Waals surface area contributed by atoms with Crippen LogP contribution in [-0.2, 0) is 23.9 Å². The predicted molar refractivity (Wildman–Crippen MR) is 104 cm³/mol. The number of ketones is 1. The Hall–Kier alpha value is -1.43. The van der Waals surface area contributed by atoms with Crippen LogP contribution in [0.25, 0.3) is 0 Å². The van der Waals surface area contributed by atoms with Gasteiger partial charge in [-0.05, 0) is 73.5 Å². The second-order valence-electron chi connectivity index (χ2n) is 10.5. The van der Waals surface area contributed by atoms with Gasteiger partial charge in [0.05, 0.1) is 12.0 Å². The van der Waals surface area contributed by atoms with E-state index in [9.17, 15) is 19.5 Å². The highest BCUT2D eigenvalue weighted by molar-refractivity contribution is 5.86. The van der Waals surface area contributed by atoms with Gasteiger partial charge in [-0.1, -0.05) is 13.8 Å². The molecule has 6 heteroatoms. The third-order valence-corrected chi connectivity index (χ3v) is 9.07. The zero-order valence-electron chi connectivity index (χ0n) is 17.8. The number of aliphatic hydroxyl groups is 1. The van der Waals surface area contributed by atoms with Crippen molar-refractivity contribution >= 4 is 17.7 Å². The van der Waals surface area contributed by atoms with E-state index < -0.39 is 5.97 Å². The van der Waals surface area contributed by atoms with Crippen molar-refractivity contribution in [2.75, 3.05) is 6.79 Å². The van der Waals surface area contributed by atoms with Crippen molar-refractivity contribution in [1.82, 2.24) is 0 Å². The van der Waals surface area contributed by atoms with Crippen molar-refractivity contribution in [3.8, 4) is 0 Å². The van der Waals surface area contributed by atoms with Gasteiger partial charge >= 0.3 is 11.9 Å². The Morgan fingerprint density at radius 3 is 2.55 bits per heavy atom. The Labute approximate surface area is 172 Å². The second-order valence-corrected chi connectivity index (χ2v) is 10.5. The van der Waals surface area contributed by atoms with Crippen molar-refractivity contribution in [2.24, 2.45) is 40.4 Å². The molecule has 1 N–H and O–H groups in total. The fourth-order valence-corrected chi connectivity index (χ4v) is 7.71. The monoisotopic (exact) mass is 406 g/mol. The van der Waals surface area contributed by atoms with Crippen LogP contribution >= 0.6 is 0 Å². The first-order valence-electron chi connectivity index (χ1n) is 11.2. The molecule has 8 atom stereocenters. The SMILES string of the molecule is CC(=O)OCOC(=O)[C@H]1CC[C@H]2[C@@H]3CC[C@H]4C[C@H](O)CC[C@]4(C)[C@H]3C(=O)C[C@]12C. The van der Waals surface area contributed by atoms with E-state index in [-0.39, 0.29) is 41.5 Å². The van der Waals surface area contributed by atoms with Gasteiger partial charge in [-0.2, -0.15) is 0 Å². The minimum atomic E-state index is -0.480.